The molecule has 108 valence electrons. The van der Waals surface area contributed by atoms with E-state index >= 15 is 0 Å². The molecule has 0 bridgehead atoms. The Morgan fingerprint density at radius 1 is 1.16 bits per heavy atom. The molecule has 0 spiro atoms. The maximum atomic E-state index is 12.7. The van der Waals surface area contributed by atoms with Crippen LogP contribution in [0.25, 0.3) is 0 Å². The first kappa shape index (κ1) is 16.3. The topological polar surface area (TPSA) is 46.6 Å². The van der Waals surface area contributed by atoms with E-state index in [-0.39, 0.29) is 17.0 Å². The third-order valence-corrected chi connectivity index (χ3v) is 5.21. The highest BCUT2D eigenvalue weighted by atomic mass is 35.5. The summed E-state index contributed by atoms with van der Waals surface area (Å²) in [6.07, 6.45) is 0. The summed E-state index contributed by atoms with van der Waals surface area (Å²) in [5.74, 6) is 0.302. The predicted molar refractivity (Wildman–Crippen MR) is 77.3 cm³/mol. The quantitative estimate of drug-likeness (QED) is 0.839. The van der Waals surface area contributed by atoms with Gasteiger partial charge in [-0.1, -0.05) is 11.6 Å². The number of rotatable bonds is 5. The largest absolute Gasteiger partial charge is 0.495 e. The van der Waals surface area contributed by atoms with E-state index in [2.05, 4.69) is 0 Å². The molecular formula is C13H20ClNO3S. The molecule has 0 aliphatic rings. The van der Waals surface area contributed by atoms with Crippen LogP contribution in [0.4, 0.5) is 0 Å². The number of nitrogens with zero attached hydrogens (tertiary/aromatic N) is 1. The molecule has 0 heterocycles. The molecule has 0 aliphatic carbocycles. The van der Waals surface area contributed by atoms with Crippen LogP contribution in [0.2, 0.25) is 5.02 Å². The number of hydrogen-bond acceptors (Lipinski definition) is 3. The fraction of sp³-hybridized carbons (Fsp3) is 0.538. The van der Waals surface area contributed by atoms with Crippen LogP contribution in [-0.2, 0) is 10.0 Å². The summed E-state index contributed by atoms with van der Waals surface area (Å²) < 4.78 is 32.0. The maximum Gasteiger partial charge on any atom is 0.247 e. The lowest BCUT2D eigenvalue weighted by Crippen LogP contribution is -2.42. The summed E-state index contributed by atoms with van der Waals surface area (Å²) in [4.78, 5) is 0.102. The second-order valence-corrected chi connectivity index (χ2v) is 7.07. The number of benzene rings is 1. The van der Waals surface area contributed by atoms with E-state index in [0.29, 0.717) is 10.8 Å². The second-order valence-electron chi connectivity index (χ2n) is 4.82. The fourth-order valence-electron chi connectivity index (χ4n) is 2.12. The Morgan fingerprint density at radius 3 is 2.11 bits per heavy atom. The highest BCUT2D eigenvalue weighted by Gasteiger charge is 2.32. The van der Waals surface area contributed by atoms with Crippen LogP contribution in [0.3, 0.4) is 0 Å². The Kier molecular flexibility index (Phi) is 5.24. The van der Waals surface area contributed by atoms with Gasteiger partial charge in [-0.05, 0) is 45.9 Å². The molecule has 19 heavy (non-hydrogen) atoms. The van der Waals surface area contributed by atoms with Gasteiger partial charge in [0.15, 0.2) is 0 Å². The van der Waals surface area contributed by atoms with Gasteiger partial charge in [0.1, 0.15) is 10.6 Å². The minimum absolute atomic E-state index is 0.102. The highest BCUT2D eigenvalue weighted by molar-refractivity contribution is 7.89. The van der Waals surface area contributed by atoms with Gasteiger partial charge in [0.2, 0.25) is 10.0 Å². The van der Waals surface area contributed by atoms with Crippen molar-refractivity contribution < 1.29 is 13.2 Å². The molecule has 0 aromatic heterocycles. The Morgan fingerprint density at radius 2 is 1.68 bits per heavy atom. The highest BCUT2D eigenvalue weighted by Crippen LogP contribution is 2.31. The average molecular weight is 306 g/mol. The fourth-order valence-corrected chi connectivity index (χ4v) is 4.37. The number of hydrogen-bond donors (Lipinski definition) is 0. The van der Waals surface area contributed by atoms with Gasteiger partial charge in [-0.15, -0.1) is 0 Å². The zero-order valence-corrected chi connectivity index (χ0v) is 13.4. The average Bonchev–Trinajstić information content (AvgIpc) is 2.27. The molecule has 4 nitrogen and oxygen atoms in total. The van der Waals surface area contributed by atoms with Crippen LogP contribution in [-0.4, -0.2) is 31.9 Å². The number of halogens is 1. The molecule has 0 radical (unpaired) electrons. The second kappa shape index (κ2) is 6.11. The number of methoxy groups -OCH3 is 1. The van der Waals surface area contributed by atoms with Gasteiger partial charge in [0, 0.05) is 17.1 Å². The van der Waals surface area contributed by atoms with Crippen molar-refractivity contribution in [2.45, 2.75) is 44.7 Å². The van der Waals surface area contributed by atoms with Gasteiger partial charge < -0.3 is 4.74 Å². The summed E-state index contributed by atoms with van der Waals surface area (Å²) in [6, 6.07) is 4.30. The number of sulfonamides is 1. The molecule has 0 saturated carbocycles. The molecule has 0 atom stereocenters. The van der Waals surface area contributed by atoms with Crippen LogP contribution in [0, 0.1) is 0 Å². The summed E-state index contributed by atoms with van der Waals surface area (Å²) in [6.45, 7) is 7.37. The minimum atomic E-state index is -3.64. The molecule has 0 aliphatic heterocycles. The van der Waals surface area contributed by atoms with E-state index in [1.54, 1.807) is 12.1 Å². The summed E-state index contributed by atoms with van der Waals surface area (Å²) in [5.41, 5.74) is 0. The van der Waals surface area contributed by atoms with Crippen LogP contribution >= 0.6 is 11.6 Å². The van der Waals surface area contributed by atoms with Gasteiger partial charge in [-0.3, -0.25) is 0 Å². The van der Waals surface area contributed by atoms with Gasteiger partial charge in [0.25, 0.3) is 0 Å². The SMILES string of the molecule is COc1ccc(Cl)cc1S(=O)(=O)N(C(C)C)C(C)C. The van der Waals surface area contributed by atoms with Crippen molar-refractivity contribution in [2.24, 2.45) is 0 Å². The number of ether oxygens (including phenoxy) is 1. The summed E-state index contributed by atoms with van der Waals surface area (Å²) in [7, 11) is -2.20. The molecule has 6 heteroatoms. The molecular weight excluding hydrogens is 286 g/mol. The molecule has 0 saturated heterocycles. The van der Waals surface area contributed by atoms with Crippen molar-refractivity contribution in [1.82, 2.24) is 4.31 Å². The molecule has 0 unspecified atom stereocenters. The van der Waals surface area contributed by atoms with E-state index in [1.165, 1.54) is 17.5 Å². The predicted octanol–water partition coefficient (Wildman–Crippen LogP) is 3.16. The van der Waals surface area contributed by atoms with Crippen molar-refractivity contribution in [2.75, 3.05) is 7.11 Å². The van der Waals surface area contributed by atoms with E-state index in [0.717, 1.165) is 0 Å². The standard InChI is InChI=1S/C13H20ClNO3S/c1-9(2)15(10(3)4)19(16,17)13-8-11(14)6-7-12(13)18-5/h6-10H,1-5H3. The van der Waals surface area contributed by atoms with Crippen molar-refractivity contribution in [3.8, 4) is 5.75 Å². The zero-order chi connectivity index (χ0) is 14.8. The first-order valence-electron chi connectivity index (χ1n) is 6.09. The Hall–Kier alpha value is -0.780. The van der Waals surface area contributed by atoms with Crippen molar-refractivity contribution in [3.63, 3.8) is 0 Å². The lowest BCUT2D eigenvalue weighted by atomic mass is 10.3. The van der Waals surface area contributed by atoms with Crippen molar-refractivity contribution in [3.05, 3.63) is 23.2 Å². The minimum Gasteiger partial charge on any atom is -0.495 e. The molecule has 0 N–H and O–H groups in total. The van der Waals surface area contributed by atoms with E-state index in [4.69, 9.17) is 16.3 Å². The molecule has 1 aromatic rings. The third-order valence-electron chi connectivity index (χ3n) is 2.70. The zero-order valence-electron chi connectivity index (χ0n) is 11.8. The monoisotopic (exact) mass is 305 g/mol. The van der Waals surface area contributed by atoms with E-state index in [1.807, 2.05) is 27.7 Å². The molecule has 0 amide bonds. The lowest BCUT2D eigenvalue weighted by molar-refractivity contribution is 0.300. The van der Waals surface area contributed by atoms with Crippen LogP contribution in [0.15, 0.2) is 23.1 Å². The van der Waals surface area contributed by atoms with Gasteiger partial charge in [0.05, 0.1) is 7.11 Å². The summed E-state index contributed by atoms with van der Waals surface area (Å²) in [5, 5.41) is 0.367. The van der Waals surface area contributed by atoms with Crippen molar-refractivity contribution in [1.29, 1.82) is 0 Å². The molecule has 1 rings (SSSR count). The van der Waals surface area contributed by atoms with Crippen LogP contribution in [0.5, 0.6) is 5.75 Å². The Labute approximate surface area is 120 Å². The maximum absolute atomic E-state index is 12.7. The summed E-state index contributed by atoms with van der Waals surface area (Å²) >= 11 is 5.91. The third kappa shape index (κ3) is 3.41. The normalized spacial score (nSPS) is 12.5. The van der Waals surface area contributed by atoms with Gasteiger partial charge in [-0.25, -0.2) is 8.42 Å². The smallest absolute Gasteiger partial charge is 0.247 e. The van der Waals surface area contributed by atoms with E-state index in [9.17, 15) is 8.42 Å². The van der Waals surface area contributed by atoms with Gasteiger partial charge >= 0.3 is 0 Å². The Balaban J connectivity index is 3.45. The van der Waals surface area contributed by atoms with E-state index < -0.39 is 10.0 Å². The van der Waals surface area contributed by atoms with Crippen molar-refractivity contribution >= 4 is 21.6 Å². The van der Waals surface area contributed by atoms with Crippen LogP contribution in [0.1, 0.15) is 27.7 Å². The Bertz CT molecular complexity index is 533. The van der Waals surface area contributed by atoms with Crippen LogP contribution < -0.4 is 4.74 Å². The first-order chi connectivity index (χ1) is 8.71. The van der Waals surface area contributed by atoms with Gasteiger partial charge in [-0.2, -0.15) is 4.31 Å². The lowest BCUT2D eigenvalue weighted by Gasteiger charge is -2.30. The molecule has 1 aromatic carbocycles. The molecule has 0 fully saturated rings. The first-order valence-corrected chi connectivity index (χ1v) is 7.90.